The molecule has 138 valence electrons. The minimum atomic E-state index is -4.81. The largest absolute Gasteiger partial charge is 0.573 e. The van der Waals surface area contributed by atoms with Gasteiger partial charge in [-0.2, -0.15) is 0 Å². The van der Waals surface area contributed by atoms with Gasteiger partial charge in [0.25, 0.3) is 0 Å². The first-order valence-electron chi connectivity index (χ1n) is 7.70. The Morgan fingerprint density at radius 2 is 2.00 bits per heavy atom. The van der Waals surface area contributed by atoms with Crippen LogP contribution in [0.3, 0.4) is 0 Å². The maximum atomic E-state index is 12.3. The molecule has 0 aromatic heterocycles. The van der Waals surface area contributed by atoms with Crippen LogP contribution in [0.4, 0.5) is 13.2 Å². The van der Waals surface area contributed by atoms with Crippen LogP contribution in [-0.4, -0.2) is 36.6 Å². The first-order valence-corrected chi connectivity index (χ1v) is 7.70. The summed E-state index contributed by atoms with van der Waals surface area (Å²) < 4.78 is 45.6. The third-order valence-corrected chi connectivity index (χ3v) is 3.74. The van der Waals surface area contributed by atoms with E-state index in [1.165, 1.54) is 12.1 Å². The van der Waals surface area contributed by atoms with Gasteiger partial charge in [-0.25, -0.2) is 0 Å². The molecule has 1 aromatic rings. The molecule has 1 aromatic carbocycles. The standard InChI is InChI=1S/C16H18F3NO5/c17-16(18,19)25-12-5-3-10(4-6-12)13(8-14(21)22)20-15(23)11-2-1-7-24-9-11/h3-6,11,13H,1-2,7-9H2,(H,20,23)(H,21,22). The van der Waals surface area contributed by atoms with E-state index in [2.05, 4.69) is 10.1 Å². The first kappa shape index (κ1) is 19.0. The van der Waals surface area contributed by atoms with Crippen molar-refractivity contribution in [1.29, 1.82) is 0 Å². The first-order chi connectivity index (χ1) is 11.7. The molecule has 1 amide bonds. The summed E-state index contributed by atoms with van der Waals surface area (Å²) in [5.74, 6) is -2.25. The van der Waals surface area contributed by atoms with Gasteiger partial charge in [-0.15, -0.1) is 13.2 Å². The third-order valence-electron chi connectivity index (χ3n) is 3.74. The number of hydrogen-bond acceptors (Lipinski definition) is 4. The van der Waals surface area contributed by atoms with Gasteiger partial charge in [0.1, 0.15) is 5.75 Å². The highest BCUT2D eigenvalue weighted by Crippen LogP contribution is 2.26. The van der Waals surface area contributed by atoms with Crippen LogP contribution in [-0.2, 0) is 14.3 Å². The van der Waals surface area contributed by atoms with Gasteiger partial charge in [0.2, 0.25) is 5.91 Å². The number of amides is 1. The van der Waals surface area contributed by atoms with Crippen molar-refractivity contribution in [3.63, 3.8) is 0 Å². The molecule has 0 spiro atoms. The number of hydrogen-bond donors (Lipinski definition) is 2. The SMILES string of the molecule is O=C(O)CC(NC(=O)C1CCCOC1)c1ccc(OC(F)(F)F)cc1. The van der Waals surface area contributed by atoms with Gasteiger partial charge >= 0.3 is 12.3 Å². The number of halogens is 3. The zero-order valence-corrected chi connectivity index (χ0v) is 13.2. The Morgan fingerprint density at radius 3 is 2.52 bits per heavy atom. The maximum absolute atomic E-state index is 12.3. The van der Waals surface area contributed by atoms with Crippen LogP contribution in [0.5, 0.6) is 5.75 Å². The summed E-state index contributed by atoms with van der Waals surface area (Å²) in [6.45, 7) is 0.854. The molecule has 1 aliphatic heterocycles. The van der Waals surface area contributed by atoms with Crippen LogP contribution in [0.1, 0.15) is 30.9 Å². The quantitative estimate of drug-likeness (QED) is 0.814. The average Bonchev–Trinajstić information content (AvgIpc) is 2.54. The van der Waals surface area contributed by atoms with Crippen molar-refractivity contribution in [2.75, 3.05) is 13.2 Å². The average molecular weight is 361 g/mol. The van der Waals surface area contributed by atoms with E-state index in [4.69, 9.17) is 9.84 Å². The smallest absolute Gasteiger partial charge is 0.481 e. The van der Waals surface area contributed by atoms with Gasteiger partial charge < -0.3 is 19.9 Å². The molecule has 25 heavy (non-hydrogen) atoms. The Bertz CT molecular complexity index is 597. The molecule has 0 aliphatic carbocycles. The fourth-order valence-corrected chi connectivity index (χ4v) is 2.57. The molecule has 1 fully saturated rings. The van der Waals surface area contributed by atoms with E-state index in [0.717, 1.165) is 18.6 Å². The van der Waals surface area contributed by atoms with Gasteiger partial charge in [-0.1, -0.05) is 12.1 Å². The molecule has 0 radical (unpaired) electrons. The zero-order valence-electron chi connectivity index (χ0n) is 13.2. The lowest BCUT2D eigenvalue weighted by Crippen LogP contribution is -2.38. The lowest BCUT2D eigenvalue weighted by atomic mass is 9.98. The van der Waals surface area contributed by atoms with Crippen molar-refractivity contribution in [3.8, 4) is 5.75 Å². The molecule has 1 heterocycles. The fraction of sp³-hybridized carbons (Fsp3) is 0.500. The van der Waals surface area contributed by atoms with E-state index < -0.39 is 30.5 Å². The summed E-state index contributed by atoms with van der Waals surface area (Å²) in [6, 6.07) is 3.90. The molecule has 2 unspecified atom stereocenters. The summed E-state index contributed by atoms with van der Waals surface area (Å²) in [5, 5.41) is 11.7. The summed E-state index contributed by atoms with van der Waals surface area (Å²) >= 11 is 0. The van der Waals surface area contributed by atoms with Gasteiger partial charge in [-0.3, -0.25) is 9.59 Å². The fourth-order valence-electron chi connectivity index (χ4n) is 2.57. The molecule has 0 saturated carbocycles. The maximum Gasteiger partial charge on any atom is 0.573 e. The highest BCUT2D eigenvalue weighted by Gasteiger charge is 2.31. The van der Waals surface area contributed by atoms with E-state index in [9.17, 15) is 22.8 Å². The van der Waals surface area contributed by atoms with Crippen molar-refractivity contribution < 1.29 is 37.3 Å². The van der Waals surface area contributed by atoms with Crippen LogP contribution < -0.4 is 10.1 Å². The summed E-state index contributed by atoms with van der Waals surface area (Å²) in [5.41, 5.74) is 0.377. The van der Waals surface area contributed by atoms with E-state index in [1.807, 2.05) is 0 Å². The zero-order chi connectivity index (χ0) is 18.4. The Morgan fingerprint density at radius 1 is 1.32 bits per heavy atom. The molecule has 9 heteroatoms. The Hall–Kier alpha value is -2.29. The second kappa shape index (κ2) is 8.19. The molecule has 1 aliphatic rings. The number of ether oxygens (including phenoxy) is 2. The van der Waals surface area contributed by atoms with Crippen LogP contribution in [0.2, 0.25) is 0 Å². The second-order valence-corrected chi connectivity index (χ2v) is 5.69. The topological polar surface area (TPSA) is 84.9 Å². The Kier molecular flexibility index (Phi) is 6.24. The van der Waals surface area contributed by atoms with E-state index in [-0.39, 0.29) is 18.4 Å². The molecular weight excluding hydrogens is 343 g/mol. The summed E-state index contributed by atoms with van der Waals surface area (Å²) in [4.78, 5) is 23.3. The Balaban J connectivity index is 2.08. The summed E-state index contributed by atoms with van der Waals surface area (Å²) in [7, 11) is 0. The monoisotopic (exact) mass is 361 g/mol. The van der Waals surface area contributed by atoms with Gasteiger partial charge in [-0.05, 0) is 30.5 Å². The van der Waals surface area contributed by atoms with Crippen LogP contribution in [0.25, 0.3) is 0 Å². The van der Waals surface area contributed by atoms with E-state index in [0.29, 0.717) is 18.6 Å². The third kappa shape index (κ3) is 6.26. The number of carbonyl (C=O) groups excluding carboxylic acids is 1. The number of aliphatic carboxylic acids is 1. The normalized spacial score (nSPS) is 19.1. The number of benzene rings is 1. The predicted octanol–water partition coefficient (Wildman–Crippen LogP) is 2.64. The number of carboxylic acids is 1. The predicted molar refractivity (Wildman–Crippen MR) is 79.8 cm³/mol. The van der Waals surface area contributed by atoms with E-state index >= 15 is 0 Å². The molecule has 0 bridgehead atoms. The van der Waals surface area contributed by atoms with Crippen molar-refractivity contribution in [2.24, 2.45) is 5.92 Å². The van der Waals surface area contributed by atoms with Crippen LogP contribution >= 0.6 is 0 Å². The van der Waals surface area contributed by atoms with Crippen molar-refractivity contribution in [2.45, 2.75) is 31.7 Å². The number of carboxylic acid groups (broad SMARTS) is 1. The summed E-state index contributed by atoms with van der Waals surface area (Å²) in [6.07, 6.45) is -3.81. The lowest BCUT2D eigenvalue weighted by molar-refractivity contribution is -0.274. The minimum Gasteiger partial charge on any atom is -0.481 e. The molecule has 2 N–H and O–H groups in total. The highest BCUT2D eigenvalue weighted by molar-refractivity contribution is 5.80. The Labute approximate surface area is 141 Å². The lowest BCUT2D eigenvalue weighted by Gasteiger charge is -2.25. The molecular formula is C16H18F3NO5. The van der Waals surface area contributed by atoms with Gasteiger partial charge in [0, 0.05) is 6.61 Å². The van der Waals surface area contributed by atoms with Crippen LogP contribution in [0, 0.1) is 5.92 Å². The van der Waals surface area contributed by atoms with Crippen molar-refractivity contribution in [1.82, 2.24) is 5.32 Å². The molecule has 1 saturated heterocycles. The van der Waals surface area contributed by atoms with E-state index in [1.54, 1.807) is 0 Å². The van der Waals surface area contributed by atoms with Crippen LogP contribution in [0.15, 0.2) is 24.3 Å². The minimum absolute atomic E-state index is 0.268. The number of nitrogens with one attached hydrogen (secondary N) is 1. The second-order valence-electron chi connectivity index (χ2n) is 5.69. The van der Waals surface area contributed by atoms with Gasteiger partial charge in [0.15, 0.2) is 0 Å². The van der Waals surface area contributed by atoms with Crippen molar-refractivity contribution in [3.05, 3.63) is 29.8 Å². The van der Waals surface area contributed by atoms with Gasteiger partial charge in [0.05, 0.1) is 25.0 Å². The van der Waals surface area contributed by atoms with Crippen molar-refractivity contribution >= 4 is 11.9 Å². The number of carbonyl (C=O) groups is 2. The molecule has 2 atom stereocenters. The molecule has 2 rings (SSSR count). The molecule has 6 nitrogen and oxygen atoms in total. The number of rotatable bonds is 6. The number of alkyl halides is 3. The highest BCUT2D eigenvalue weighted by atomic mass is 19.4.